The number of likely N-dealkylation sites (tertiary alicyclic amines) is 1. The summed E-state index contributed by atoms with van der Waals surface area (Å²) in [6.07, 6.45) is 3.29. The quantitative estimate of drug-likeness (QED) is 0.527. The van der Waals surface area contributed by atoms with Crippen molar-refractivity contribution in [1.29, 1.82) is 0 Å². The van der Waals surface area contributed by atoms with Crippen molar-refractivity contribution >= 4 is 34.8 Å². The van der Waals surface area contributed by atoms with Gasteiger partial charge in [0.25, 0.3) is 11.8 Å². The van der Waals surface area contributed by atoms with E-state index < -0.39 is 0 Å². The molecule has 180 valence electrons. The molecule has 7 heteroatoms. The molecule has 1 heterocycles. The molecule has 0 saturated carbocycles. The summed E-state index contributed by atoms with van der Waals surface area (Å²) >= 11 is 0. The summed E-state index contributed by atoms with van der Waals surface area (Å²) in [6.45, 7) is 1.68. The van der Waals surface area contributed by atoms with Crippen molar-refractivity contribution in [2.24, 2.45) is 0 Å². The number of hydrogen-bond acceptors (Lipinski definition) is 4. The van der Waals surface area contributed by atoms with Crippen LogP contribution >= 0.6 is 0 Å². The molecular formula is C28H30N4O3. The van der Waals surface area contributed by atoms with Crippen LogP contribution in [0.3, 0.4) is 0 Å². The Hall–Kier alpha value is -4.13. The van der Waals surface area contributed by atoms with Crippen LogP contribution in [0.5, 0.6) is 0 Å². The third-order valence-corrected chi connectivity index (χ3v) is 6.07. The molecule has 0 spiro atoms. The minimum Gasteiger partial charge on any atom is -0.376 e. The molecule has 0 aliphatic carbocycles. The third kappa shape index (κ3) is 6.26. The van der Waals surface area contributed by atoms with Crippen LogP contribution in [0, 0.1) is 0 Å². The van der Waals surface area contributed by atoms with E-state index >= 15 is 0 Å². The number of anilines is 3. The monoisotopic (exact) mass is 470 g/mol. The topological polar surface area (TPSA) is 81.8 Å². The van der Waals surface area contributed by atoms with Gasteiger partial charge in [-0.15, -0.1) is 0 Å². The van der Waals surface area contributed by atoms with Crippen molar-refractivity contribution in [3.05, 3.63) is 90.0 Å². The summed E-state index contributed by atoms with van der Waals surface area (Å²) in [4.78, 5) is 41.4. The van der Waals surface area contributed by atoms with Gasteiger partial charge in [-0.2, -0.15) is 0 Å². The van der Waals surface area contributed by atoms with Crippen molar-refractivity contribution < 1.29 is 14.4 Å². The van der Waals surface area contributed by atoms with Gasteiger partial charge in [0, 0.05) is 48.3 Å². The van der Waals surface area contributed by atoms with Crippen LogP contribution in [0.15, 0.2) is 78.9 Å². The number of nitrogens with one attached hydrogen (secondary N) is 2. The van der Waals surface area contributed by atoms with Gasteiger partial charge in [0.2, 0.25) is 5.91 Å². The molecule has 1 fully saturated rings. The molecular weight excluding hydrogens is 440 g/mol. The smallest absolute Gasteiger partial charge is 0.258 e. The maximum absolute atomic E-state index is 12.8. The molecule has 1 saturated heterocycles. The van der Waals surface area contributed by atoms with Gasteiger partial charge >= 0.3 is 0 Å². The number of para-hydroxylation sites is 1. The fourth-order valence-electron chi connectivity index (χ4n) is 4.09. The van der Waals surface area contributed by atoms with Crippen LogP contribution in [0.4, 0.5) is 17.1 Å². The maximum Gasteiger partial charge on any atom is 0.258 e. The van der Waals surface area contributed by atoms with Crippen LogP contribution in [-0.4, -0.2) is 49.3 Å². The lowest BCUT2D eigenvalue weighted by molar-refractivity contribution is -0.114. The fraction of sp³-hybridized carbons (Fsp3) is 0.250. The second-order valence-corrected chi connectivity index (χ2v) is 8.61. The molecule has 35 heavy (non-hydrogen) atoms. The standard InChI is InChI=1S/C28H30N4O3/c1-31(25-11-4-2-5-12-25)27(34)22-9-8-10-24(19-22)30-26(33)20-29-23-15-13-21(14-16-23)28(35)32-17-6-3-7-18-32/h2,4-5,8-16,19,29H,3,6-7,17-18,20H2,1H3,(H,30,33). The molecule has 3 aromatic carbocycles. The van der Waals surface area contributed by atoms with Gasteiger partial charge in [-0.25, -0.2) is 0 Å². The fourth-order valence-corrected chi connectivity index (χ4v) is 4.09. The predicted molar refractivity (Wildman–Crippen MR) is 139 cm³/mol. The predicted octanol–water partition coefficient (Wildman–Crippen LogP) is 4.64. The van der Waals surface area contributed by atoms with Gasteiger partial charge in [0.05, 0.1) is 6.54 Å². The zero-order valence-corrected chi connectivity index (χ0v) is 19.9. The van der Waals surface area contributed by atoms with Crippen molar-refractivity contribution in [3.8, 4) is 0 Å². The second kappa shape index (κ2) is 11.3. The Kier molecular flexibility index (Phi) is 7.77. The molecule has 0 atom stereocenters. The highest BCUT2D eigenvalue weighted by atomic mass is 16.2. The minimum absolute atomic E-state index is 0.0568. The number of benzene rings is 3. The molecule has 1 aliphatic rings. The van der Waals surface area contributed by atoms with E-state index in [1.165, 1.54) is 6.42 Å². The summed E-state index contributed by atoms with van der Waals surface area (Å²) < 4.78 is 0. The minimum atomic E-state index is -0.237. The highest BCUT2D eigenvalue weighted by Crippen LogP contribution is 2.18. The first-order chi connectivity index (χ1) is 17.0. The van der Waals surface area contributed by atoms with E-state index in [4.69, 9.17) is 0 Å². The SMILES string of the molecule is CN(C(=O)c1cccc(NC(=O)CNc2ccc(C(=O)N3CCCCC3)cc2)c1)c1ccccc1. The highest BCUT2D eigenvalue weighted by Gasteiger charge is 2.18. The number of rotatable bonds is 7. The van der Waals surface area contributed by atoms with Crippen molar-refractivity contribution in [1.82, 2.24) is 4.90 Å². The lowest BCUT2D eigenvalue weighted by Gasteiger charge is -2.26. The number of carbonyl (C=O) groups excluding carboxylic acids is 3. The van der Waals surface area contributed by atoms with Gasteiger partial charge in [-0.3, -0.25) is 14.4 Å². The Bertz CT molecular complexity index is 1170. The normalized spacial score (nSPS) is 13.1. The molecule has 4 rings (SSSR count). The molecule has 0 bridgehead atoms. The zero-order valence-electron chi connectivity index (χ0n) is 19.9. The molecule has 1 aliphatic heterocycles. The van der Waals surface area contributed by atoms with Crippen LogP contribution in [0.1, 0.15) is 40.0 Å². The molecule has 0 radical (unpaired) electrons. The van der Waals surface area contributed by atoms with E-state index in [9.17, 15) is 14.4 Å². The molecule has 3 amide bonds. The molecule has 7 nitrogen and oxygen atoms in total. The van der Waals surface area contributed by atoms with E-state index in [0.717, 1.165) is 37.3 Å². The average molecular weight is 471 g/mol. The van der Waals surface area contributed by atoms with E-state index in [-0.39, 0.29) is 24.3 Å². The van der Waals surface area contributed by atoms with Gasteiger partial charge < -0.3 is 20.4 Å². The van der Waals surface area contributed by atoms with Gasteiger partial charge in [0.1, 0.15) is 0 Å². The second-order valence-electron chi connectivity index (χ2n) is 8.61. The van der Waals surface area contributed by atoms with Crippen LogP contribution in [0.2, 0.25) is 0 Å². The number of nitrogens with zero attached hydrogens (tertiary/aromatic N) is 2. The van der Waals surface area contributed by atoms with E-state index in [1.54, 1.807) is 48.3 Å². The number of amides is 3. The molecule has 3 aromatic rings. The van der Waals surface area contributed by atoms with Gasteiger partial charge in [0.15, 0.2) is 0 Å². The van der Waals surface area contributed by atoms with Crippen LogP contribution in [-0.2, 0) is 4.79 Å². The Morgan fingerprint density at radius 2 is 1.51 bits per heavy atom. The average Bonchev–Trinajstić information content (AvgIpc) is 2.92. The van der Waals surface area contributed by atoms with E-state index in [1.807, 2.05) is 47.4 Å². The first-order valence-electron chi connectivity index (χ1n) is 11.9. The van der Waals surface area contributed by atoms with Gasteiger partial charge in [-0.05, 0) is 73.9 Å². The van der Waals surface area contributed by atoms with E-state index in [2.05, 4.69) is 10.6 Å². The van der Waals surface area contributed by atoms with Crippen LogP contribution < -0.4 is 15.5 Å². The largest absolute Gasteiger partial charge is 0.376 e. The zero-order chi connectivity index (χ0) is 24.6. The highest BCUT2D eigenvalue weighted by molar-refractivity contribution is 6.06. The Balaban J connectivity index is 1.30. The molecule has 0 unspecified atom stereocenters. The number of hydrogen-bond donors (Lipinski definition) is 2. The summed E-state index contributed by atoms with van der Waals surface area (Å²) in [5, 5.41) is 5.90. The maximum atomic E-state index is 12.8. The van der Waals surface area contributed by atoms with Crippen molar-refractivity contribution in [3.63, 3.8) is 0 Å². The Labute approximate surface area is 205 Å². The van der Waals surface area contributed by atoms with Crippen molar-refractivity contribution in [2.75, 3.05) is 42.2 Å². The number of carbonyl (C=O) groups is 3. The Morgan fingerprint density at radius 3 is 2.23 bits per heavy atom. The molecule has 2 N–H and O–H groups in total. The Morgan fingerprint density at radius 1 is 0.800 bits per heavy atom. The third-order valence-electron chi connectivity index (χ3n) is 6.07. The van der Waals surface area contributed by atoms with E-state index in [0.29, 0.717) is 16.8 Å². The summed E-state index contributed by atoms with van der Waals surface area (Å²) in [5.74, 6) is -0.342. The lowest BCUT2D eigenvalue weighted by Crippen LogP contribution is -2.35. The first kappa shape index (κ1) is 24.0. The van der Waals surface area contributed by atoms with Gasteiger partial charge in [-0.1, -0.05) is 24.3 Å². The first-order valence-corrected chi connectivity index (χ1v) is 11.9. The van der Waals surface area contributed by atoms with Crippen LogP contribution in [0.25, 0.3) is 0 Å². The lowest BCUT2D eigenvalue weighted by atomic mass is 10.1. The summed E-state index contributed by atoms with van der Waals surface area (Å²) in [6, 6.07) is 23.5. The number of piperidine rings is 1. The molecule has 0 aromatic heterocycles. The summed E-state index contributed by atoms with van der Waals surface area (Å²) in [7, 11) is 1.72. The van der Waals surface area contributed by atoms with Crippen molar-refractivity contribution in [2.45, 2.75) is 19.3 Å². The summed E-state index contributed by atoms with van der Waals surface area (Å²) in [5.41, 5.74) is 3.23.